The molecular formula is C20H28N4O2. The van der Waals surface area contributed by atoms with E-state index in [0.717, 1.165) is 11.4 Å². The molecule has 0 aliphatic carbocycles. The van der Waals surface area contributed by atoms with E-state index in [1.165, 1.54) is 0 Å². The number of nitrogens with zero attached hydrogens (tertiary/aromatic N) is 4. The minimum absolute atomic E-state index is 0.0730. The summed E-state index contributed by atoms with van der Waals surface area (Å²) in [6, 6.07) is 3.56. The predicted molar refractivity (Wildman–Crippen MR) is 99.7 cm³/mol. The summed E-state index contributed by atoms with van der Waals surface area (Å²) in [4.78, 5) is 23.6. The van der Waals surface area contributed by atoms with Gasteiger partial charge in [-0.3, -0.25) is 9.78 Å². The molecule has 0 spiro atoms. The van der Waals surface area contributed by atoms with Crippen molar-refractivity contribution in [3.8, 4) is 0 Å². The second-order valence-electron chi connectivity index (χ2n) is 7.60. The van der Waals surface area contributed by atoms with Gasteiger partial charge >= 0.3 is 0 Å². The quantitative estimate of drug-likeness (QED) is 0.914. The van der Waals surface area contributed by atoms with Crippen LogP contribution in [0.2, 0.25) is 0 Å². The first-order valence-corrected chi connectivity index (χ1v) is 9.29. The van der Waals surface area contributed by atoms with Gasteiger partial charge in [0.15, 0.2) is 0 Å². The number of carbonyl (C=O) groups is 1. The maximum Gasteiger partial charge on any atom is 0.245 e. The molecule has 3 rings (SSSR count). The lowest BCUT2D eigenvalue weighted by molar-refractivity contribution is -0.139. The SMILES string of the molecule is Cc1ccc(C2(O)CCN(C(=O)C(C)n3ccnc3C(C)C)CC2)nc1. The largest absolute Gasteiger partial charge is 0.383 e. The number of hydrogen-bond acceptors (Lipinski definition) is 4. The van der Waals surface area contributed by atoms with E-state index in [1.807, 2.05) is 41.6 Å². The van der Waals surface area contributed by atoms with Crippen molar-refractivity contribution in [3.63, 3.8) is 0 Å². The van der Waals surface area contributed by atoms with Gasteiger partial charge in [-0.05, 0) is 38.3 Å². The molecule has 140 valence electrons. The fourth-order valence-corrected chi connectivity index (χ4v) is 3.58. The average molecular weight is 356 g/mol. The molecule has 3 heterocycles. The number of aryl methyl sites for hydroxylation is 1. The Hall–Kier alpha value is -2.21. The third kappa shape index (κ3) is 3.51. The van der Waals surface area contributed by atoms with E-state index in [1.54, 1.807) is 12.4 Å². The molecule has 1 atom stereocenters. The van der Waals surface area contributed by atoms with Crippen molar-refractivity contribution in [1.29, 1.82) is 0 Å². The third-order valence-electron chi connectivity index (χ3n) is 5.28. The summed E-state index contributed by atoms with van der Waals surface area (Å²) < 4.78 is 1.95. The number of rotatable bonds is 4. The van der Waals surface area contributed by atoms with Gasteiger partial charge in [0.25, 0.3) is 0 Å². The number of piperidine rings is 1. The monoisotopic (exact) mass is 356 g/mol. The summed E-state index contributed by atoms with van der Waals surface area (Å²) in [7, 11) is 0. The Morgan fingerprint density at radius 1 is 1.19 bits per heavy atom. The van der Waals surface area contributed by atoms with Crippen molar-refractivity contribution in [2.24, 2.45) is 0 Å². The van der Waals surface area contributed by atoms with Crippen LogP contribution in [-0.2, 0) is 10.4 Å². The van der Waals surface area contributed by atoms with Crippen molar-refractivity contribution in [2.75, 3.05) is 13.1 Å². The lowest BCUT2D eigenvalue weighted by Gasteiger charge is -2.39. The van der Waals surface area contributed by atoms with Gasteiger partial charge in [-0.2, -0.15) is 0 Å². The average Bonchev–Trinajstić information content (AvgIpc) is 3.11. The molecule has 0 saturated carbocycles. The first-order chi connectivity index (χ1) is 12.3. The summed E-state index contributed by atoms with van der Waals surface area (Å²) in [5, 5.41) is 11.0. The van der Waals surface area contributed by atoms with Crippen molar-refractivity contribution in [2.45, 2.75) is 58.1 Å². The summed E-state index contributed by atoms with van der Waals surface area (Å²) in [6.45, 7) is 9.10. The highest BCUT2D eigenvalue weighted by atomic mass is 16.3. The van der Waals surface area contributed by atoms with Gasteiger partial charge in [0.1, 0.15) is 17.5 Å². The van der Waals surface area contributed by atoms with Crippen LogP contribution in [-0.4, -0.2) is 43.5 Å². The second-order valence-corrected chi connectivity index (χ2v) is 7.60. The fraction of sp³-hybridized carbons (Fsp3) is 0.550. The Morgan fingerprint density at radius 3 is 2.46 bits per heavy atom. The van der Waals surface area contributed by atoms with E-state index in [0.29, 0.717) is 31.6 Å². The maximum atomic E-state index is 12.9. The van der Waals surface area contributed by atoms with E-state index in [4.69, 9.17) is 0 Å². The maximum absolute atomic E-state index is 12.9. The van der Waals surface area contributed by atoms with Crippen LogP contribution in [0.25, 0.3) is 0 Å². The van der Waals surface area contributed by atoms with Crippen molar-refractivity contribution >= 4 is 5.91 Å². The van der Waals surface area contributed by atoms with Crippen LogP contribution in [0.5, 0.6) is 0 Å². The highest BCUT2D eigenvalue weighted by Gasteiger charge is 2.37. The number of likely N-dealkylation sites (tertiary alicyclic amines) is 1. The number of amides is 1. The second kappa shape index (κ2) is 7.19. The Morgan fingerprint density at radius 2 is 1.88 bits per heavy atom. The van der Waals surface area contributed by atoms with E-state index < -0.39 is 5.60 Å². The van der Waals surface area contributed by atoms with Gasteiger partial charge in [0, 0.05) is 37.6 Å². The molecule has 1 fully saturated rings. The van der Waals surface area contributed by atoms with E-state index in [2.05, 4.69) is 23.8 Å². The highest BCUT2D eigenvalue weighted by molar-refractivity contribution is 5.80. The molecule has 1 aliphatic heterocycles. The molecule has 26 heavy (non-hydrogen) atoms. The Balaban J connectivity index is 1.68. The number of aliphatic hydroxyl groups is 1. The molecule has 0 radical (unpaired) electrons. The smallest absolute Gasteiger partial charge is 0.245 e. The van der Waals surface area contributed by atoms with Crippen molar-refractivity contribution in [3.05, 3.63) is 47.8 Å². The minimum Gasteiger partial charge on any atom is -0.383 e. The first kappa shape index (κ1) is 18.6. The minimum atomic E-state index is -0.953. The molecule has 1 unspecified atom stereocenters. The zero-order chi connectivity index (χ0) is 18.9. The molecule has 6 heteroatoms. The Kier molecular flexibility index (Phi) is 5.14. The molecule has 0 aromatic carbocycles. The zero-order valence-electron chi connectivity index (χ0n) is 16.0. The topological polar surface area (TPSA) is 71.2 Å². The molecule has 1 N–H and O–H groups in total. The van der Waals surface area contributed by atoms with Crippen LogP contribution in [0.1, 0.15) is 62.7 Å². The van der Waals surface area contributed by atoms with Crippen LogP contribution in [0.4, 0.5) is 0 Å². The van der Waals surface area contributed by atoms with Gasteiger partial charge in [0.2, 0.25) is 5.91 Å². The van der Waals surface area contributed by atoms with Crippen LogP contribution in [0.15, 0.2) is 30.7 Å². The number of hydrogen-bond donors (Lipinski definition) is 1. The normalized spacial score (nSPS) is 18.2. The van der Waals surface area contributed by atoms with Crippen molar-refractivity contribution in [1.82, 2.24) is 19.4 Å². The predicted octanol–water partition coefficient (Wildman–Crippen LogP) is 2.78. The molecule has 1 amide bonds. The Bertz CT molecular complexity index is 758. The first-order valence-electron chi connectivity index (χ1n) is 9.29. The van der Waals surface area contributed by atoms with E-state index in [9.17, 15) is 9.90 Å². The standard InChI is InChI=1S/C20H28N4O2/c1-14(2)18-21-9-12-24(18)16(4)19(25)23-10-7-20(26,8-11-23)17-6-5-15(3)13-22-17/h5-6,9,12-14,16,26H,7-8,10-11H2,1-4H3. The molecule has 0 bridgehead atoms. The zero-order valence-corrected chi connectivity index (χ0v) is 16.0. The molecule has 2 aromatic rings. The number of aromatic nitrogens is 3. The summed E-state index contributed by atoms with van der Waals surface area (Å²) in [6.07, 6.45) is 6.40. The van der Waals surface area contributed by atoms with Crippen LogP contribution >= 0.6 is 0 Å². The third-order valence-corrected chi connectivity index (χ3v) is 5.28. The number of imidazole rings is 1. The fourth-order valence-electron chi connectivity index (χ4n) is 3.58. The summed E-state index contributed by atoms with van der Waals surface area (Å²) in [5.74, 6) is 1.26. The van der Waals surface area contributed by atoms with Crippen molar-refractivity contribution < 1.29 is 9.90 Å². The van der Waals surface area contributed by atoms with E-state index in [-0.39, 0.29) is 17.9 Å². The van der Waals surface area contributed by atoms with Gasteiger partial charge < -0.3 is 14.6 Å². The summed E-state index contributed by atoms with van der Waals surface area (Å²) >= 11 is 0. The van der Waals surface area contributed by atoms with Crippen LogP contribution in [0.3, 0.4) is 0 Å². The van der Waals surface area contributed by atoms with Gasteiger partial charge in [-0.25, -0.2) is 4.98 Å². The molecule has 6 nitrogen and oxygen atoms in total. The molecule has 1 saturated heterocycles. The van der Waals surface area contributed by atoms with Crippen LogP contribution in [0, 0.1) is 6.92 Å². The lowest BCUT2D eigenvalue weighted by atomic mass is 9.87. The van der Waals surface area contributed by atoms with Gasteiger partial charge in [-0.15, -0.1) is 0 Å². The summed E-state index contributed by atoms with van der Waals surface area (Å²) in [5.41, 5.74) is 0.811. The Labute approximate surface area is 154 Å². The van der Waals surface area contributed by atoms with Crippen LogP contribution < -0.4 is 0 Å². The van der Waals surface area contributed by atoms with Gasteiger partial charge in [0.05, 0.1) is 5.69 Å². The molecular weight excluding hydrogens is 328 g/mol. The number of carbonyl (C=O) groups excluding carboxylic acids is 1. The highest BCUT2D eigenvalue weighted by Crippen LogP contribution is 2.32. The molecule has 1 aliphatic rings. The lowest BCUT2D eigenvalue weighted by Crippen LogP contribution is -2.47. The van der Waals surface area contributed by atoms with Gasteiger partial charge in [-0.1, -0.05) is 19.9 Å². The van der Waals surface area contributed by atoms with E-state index >= 15 is 0 Å². The number of pyridine rings is 1. The molecule has 2 aromatic heterocycles.